The van der Waals surface area contributed by atoms with Gasteiger partial charge in [0.25, 0.3) is 5.91 Å². The summed E-state index contributed by atoms with van der Waals surface area (Å²) in [5, 5.41) is 7.13. The van der Waals surface area contributed by atoms with Gasteiger partial charge in [-0.25, -0.2) is 9.82 Å². The summed E-state index contributed by atoms with van der Waals surface area (Å²) in [7, 11) is 0. The smallest absolute Gasteiger partial charge is 0.259 e. The lowest BCUT2D eigenvalue weighted by atomic mass is 9.89. The standard InChI is InChI=1S/C15H20FN3O/c1-11-4-2-3-5-14(11)18-19-15(20)10-17-13-8-6-12(16)7-9-13/h6-9,11,17H,2-5,10H2,1H3,(H,19,20)/b18-14-. The van der Waals surface area contributed by atoms with E-state index in [1.165, 1.54) is 18.6 Å². The van der Waals surface area contributed by atoms with Gasteiger partial charge in [0.05, 0.1) is 6.54 Å². The summed E-state index contributed by atoms with van der Waals surface area (Å²) >= 11 is 0. The average Bonchev–Trinajstić information content (AvgIpc) is 2.46. The van der Waals surface area contributed by atoms with E-state index in [2.05, 4.69) is 22.8 Å². The van der Waals surface area contributed by atoms with Gasteiger partial charge in [-0.1, -0.05) is 13.3 Å². The Labute approximate surface area is 118 Å². The van der Waals surface area contributed by atoms with Crippen LogP contribution in [0, 0.1) is 11.7 Å². The molecule has 0 radical (unpaired) electrons. The molecule has 1 aliphatic carbocycles. The van der Waals surface area contributed by atoms with Crippen LogP contribution in [-0.2, 0) is 4.79 Å². The third-order valence-electron chi connectivity index (χ3n) is 3.51. The van der Waals surface area contributed by atoms with Gasteiger partial charge in [-0.2, -0.15) is 5.10 Å². The highest BCUT2D eigenvalue weighted by atomic mass is 19.1. The van der Waals surface area contributed by atoms with Crippen LogP contribution >= 0.6 is 0 Å². The minimum atomic E-state index is -0.294. The first-order valence-corrected chi connectivity index (χ1v) is 7.00. The van der Waals surface area contributed by atoms with Crippen LogP contribution in [0.2, 0.25) is 0 Å². The molecule has 0 aromatic heterocycles. The van der Waals surface area contributed by atoms with Gasteiger partial charge in [-0.15, -0.1) is 0 Å². The van der Waals surface area contributed by atoms with Crippen LogP contribution < -0.4 is 10.7 Å². The molecule has 2 N–H and O–H groups in total. The molecule has 1 aromatic carbocycles. The van der Waals surface area contributed by atoms with Gasteiger partial charge in [0.15, 0.2) is 0 Å². The second kappa shape index (κ2) is 7.03. The molecule has 1 unspecified atom stereocenters. The van der Waals surface area contributed by atoms with Gasteiger partial charge in [-0.3, -0.25) is 4.79 Å². The van der Waals surface area contributed by atoms with Crippen LogP contribution in [0.5, 0.6) is 0 Å². The number of carbonyl (C=O) groups excluding carboxylic acids is 1. The Morgan fingerprint density at radius 3 is 2.80 bits per heavy atom. The maximum atomic E-state index is 12.7. The largest absolute Gasteiger partial charge is 0.376 e. The summed E-state index contributed by atoms with van der Waals surface area (Å²) in [6.07, 6.45) is 4.49. The Hall–Kier alpha value is -1.91. The number of anilines is 1. The number of rotatable bonds is 4. The highest BCUT2D eigenvalue weighted by Crippen LogP contribution is 2.20. The molecule has 1 fully saturated rings. The fraction of sp³-hybridized carbons (Fsp3) is 0.467. The fourth-order valence-electron chi connectivity index (χ4n) is 2.26. The molecule has 1 atom stereocenters. The zero-order valence-electron chi connectivity index (χ0n) is 11.7. The lowest BCUT2D eigenvalue weighted by molar-refractivity contribution is -0.119. The zero-order chi connectivity index (χ0) is 14.4. The number of halogens is 1. The van der Waals surface area contributed by atoms with Gasteiger partial charge < -0.3 is 5.32 Å². The van der Waals surface area contributed by atoms with Crippen LogP contribution in [-0.4, -0.2) is 18.2 Å². The second-order valence-electron chi connectivity index (χ2n) is 5.15. The number of hydrogen-bond donors (Lipinski definition) is 2. The Morgan fingerprint density at radius 1 is 1.35 bits per heavy atom. The summed E-state index contributed by atoms with van der Waals surface area (Å²) in [5.74, 6) is -0.0357. The van der Waals surface area contributed by atoms with E-state index in [1.54, 1.807) is 12.1 Å². The molecule has 0 spiro atoms. The lowest BCUT2D eigenvalue weighted by Gasteiger charge is -2.19. The van der Waals surface area contributed by atoms with Crippen molar-refractivity contribution in [3.8, 4) is 0 Å². The minimum Gasteiger partial charge on any atom is -0.376 e. The number of carbonyl (C=O) groups is 1. The van der Waals surface area contributed by atoms with Gasteiger partial charge in [-0.05, 0) is 49.4 Å². The van der Waals surface area contributed by atoms with E-state index in [0.29, 0.717) is 11.6 Å². The third kappa shape index (κ3) is 4.33. The van der Waals surface area contributed by atoms with Gasteiger partial charge in [0.1, 0.15) is 5.82 Å². The van der Waals surface area contributed by atoms with Gasteiger partial charge >= 0.3 is 0 Å². The molecule has 0 aliphatic heterocycles. The van der Waals surface area contributed by atoms with Crippen molar-refractivity contribution in [2.75, 3.05) is 11.9 Å². The van der Waals surface area contributed by atoms with Crippen LogP contribution in [0.15, 0.2) is 29.4 Å². The van der Waals surface area contributed by atoms with E-state index >= 15 is 0 Å². The summed E-state index contributed by atoms with van der Waals surface area (Å²) in [6, 6.07) is 5.89. The van der Waals surface area contributed by atoms with Crippen molar-refractivity contribution in [1.82, 2.24) is 5.43 Å². The van der Waals surface area contributed by atoms with E-state index in [1.807, 2.05) is 0 Å². The van der Waals surface area contributed by atoms with Crippen LogP contribution in [0.25, 0.3) is 0 Å². The van der Waals surface area contributed by atoms with Crippen molar-refractivity contribution in [2.24, 2.45) is 11.0 Å². The monoisotopic (exact) mass is 277 g/mol. The highest BCUT2D eigenvalue weighted by Gasteiger charge is 2.15. The maximum Gasteiger partial charge on any atom is 0.259 e. The number of hydrazone groups is 1. The first kappa shape index (κ1) is 14.5. The highest BCUT2D eigenvalue weighted by molar-refractivity contribution is 5.89. The van der Waals surface area contributed by atoms with E-state index in [-0.39, 0.29) is 18.3 Å². The van der Waals surface area contributed by atoms with Crippen molar-refractivity contribution in [3.05, 3.63) is 30.1 Å². The van der Waals surface area contributed by atoms with E-state index in [4.69, 9.17) is 0 Å². The molecule has 5 heteroatoms. The molecule has 0 heterocycles. The van der Waals surface area contributed by atoms with Crippen molar-refractivity contribution >= 4 is 17.3 Å². The summed E-state index contributed by atoms with van der Waals surface area (Å²) in [6.45, 7) is 2.26. The molecule has 1 amide bonds. The molecule has 1 aromatic rings. The van der Waals surface area contributed by atoms with E-state index in [9.17, 15) is 9.18 Å². The molecule has 20 heavy (non-hydrogen) atoms. The molecular weight excluding hydrogens is 257 g/mol. The molecule has 1 aliphatic rings. The molecule has 0 saturated heterocycles. The first-order chi connectivity index (χ1) is 9.65. The number of benzene rings is 1. The van der Waals surface area contributed by atoms with Crippen LogP contribution in [0.4, 0.5) is 10.1 Å². The average molecular weight is 277 g/mol. The van der Waals surface area contributed by atoms with Gasteiger partial charge in [0.2, 0.25) is 0 Å². The Bertz CT molecular complexity index is 484. The van der Waals surface area contributed by atoms with Gasteiger partial charge in [0, 0.05) is 11.4 Å². The zero-order valence-corrected chi connectivity index (χ0v) is 11.7. The Morgan fingerprint density at radius 2 is 2.10 bits per heavy atom. The SMILES string of the molecule is CC1CCCC/C1=N/NC(=O)CNc1ccc(F)cc1. The van der Waals surface area contributed by atoms with Crippen molar-refractivity contribution in [2.45, 2.75) is 32.6 Å². The molecular formula is C15H20FN3O. The lowest BCUT2D eigenvalue weighted by Crippen LogP contribution is -2.28. The molecule has 2 rings (SSSR count). The predicted molar refractivity (Wildman–Crippen MR) is 78.1 cm³/mol. The third-order valence-corrected chi connectivity index (χ3v) is 3.51. The van der Waals surface area contributed by atoms with Crippen molar-refractivity contribution < 1.29 is 9.18 Å². The molecule has 4 nitrogen and oxygen atoms in total. The Balaban J connectivity index is 1.77. The second-order valence-corrected chi connectivity index (χ2v) is 5.15. The van der Waals surface area contributed by atoms with E-state index in [0.717, 1.165) is 25.0 Å². The number of amides is 1. The topological polar surface area (TPSA) is 53.5 Å². The summed E-state index contributed by atoms with van der Waals surface area (Å²) in [4.78, 5) is 11.7. The van der Waals surface area contributed by atoms with Crippen LogP contribution in [0.3, 0.4) is 0 Å². The van der Waals surface area contributed by atoms with Crippen molar-refractivity contribution in [1.29, 1.82) is 0 Å². The maximum absolute atomic E-state index is 12.7. The predicted octanol–water partition coefficient (Wildman–Crippen LogP) is 2.92. The summed E-state index contributed by atoms with van der Waals surface area (Å²) < 4.78 is 12.7. The van der Waals surface area contributed by atoms with E-state index < -0.39 is 0 Å². The van der Waals surface area contributed by atoms with Crippen LogP contribution in [0.1, 0.15) is 32.6 Å². The quantitative estimate of drug-likeness (QED) is 0.831. The molecule has 108 valence electrons. The number of nitrogens with one attached hydrogen (secondary N) is 2. The number of hydrogen-bond acceptors (Lipinski definition) is 3. The summed E-state index contributed by atoms with van der Waals surface area (Å²) in [5.41, 5.74) is 4.36. The first-order valence-electron chi connectivity index (χ1n) is 7.00. The molecule has 1 saturated carbocycles. The minimum absolute atomic E-state index is 0.122. The number of nitrogens with zero attached hydrogens (tertiary/aromatic N) is 1. The molecule has 0 bridgehead atoms. The normalized spacial score (nSPS) is 20.7. The Kier molecular flexibility index (Phi) is 5.09. The van der Waals surface area contributed by atoms with Crippen molar-refractivity contribution in [3.63, 3.8) is 0 Å². The fourth-order valence-corrected chi connectivity index (χ4v) is 2.26.